The summed E-state index contributed by atoms with van der Waals surface area (Å²) in [5.41, 5.74) is 17.0. The molecule has 0 bridgehead atoms. The van der Waals surface area contributed by atoms with Crippen LogP contribution in [-0.2, 0) is 0 Å². The smallest absolute Gasteiger partial charge is 0.135 e. The predicted molar refractivity (Wildman–Crippen MR) is 221 cm³/mol. The van der Waals surface area contributed by atoms with Gasteiger partial charge in [0.05, 0.1) is 17.1 Å². The molecule has 10 aromatic rings. The molecule has 0 radical (unpaired) electrons. The van der Waals surface area contributed by atoms with Gasteiger partial charge < -0.3 is 8.98 Å². The number of nitrogens with zero attached hydrogens (tertiary/aromatic N) is 1. The maximum atomic E-state index is 6.21. The van der Waals surface area contributed by atoms with Gasteiger partial charge in [-0.25, -0.2) is 0 Å². The van der Waals surface area contributed by atoms with Crippen LogP contribution >= 0.6 is 0 Å². The highest BCUT2D eigenvalue weighted by molar-refractivity contribution is 6.28. The van der Waals surface area contributed by atoms with Crippen molar-refractivity contribution >= 4 is 70.9 Å². The molecule has 13 rings (SSSR count). The summed E-state index contributed by atoms with van der Waals surface area (Å²) < 4.78 is 8.90. The van der Waals surface area contributed by atoms with Gasteiger partial charge in [-0.2, -0.15) is 0 Å². The van der Waals surface area contributed by atoms with E-state index in [1.165, 1.54) is 104 Å². The topological polar surface area (TPSA) is 18.1 Å². The van der Waals surface area contributed by atoms with E-state index in [4.69, 9.17) is 4.42 Å². The Balaban J connectivity index is 1.10. The molecular weight excluding hydrogens is 643 g/mol. The Labute approximate surface area is 305 Å². The maximum Gasteiger partial charge on any atom is 0.135 e. The minimum absolute atomic E-state index is 0.131. The number of hydrogen-bond donors (Lipinski definition) is 0. The summed E-state index contributed by atoms with van der Waals surface area (Å²) in [7, 11) is 0. The molecule has 0 spiro atoms. The lowest BCUT2D eigenvalue weighted by Gasteiger charge is -2.24. The zero-order chi connectivity index (χ0) is 34.4. The van der Waals surface area contributed by atoms with Crippen LogP contribution in [0.25, 0.3) is 93.1 Å². The molecule has 0 saturated heterocycles. The number of hydrogen-bond acceptors (Lipinski definition) is 1. The third-order valence-corrected chi connectivity index (χ3v) is 12.5. The third-order valence-electron chi connectivity index (χ3n) is 12.5. The summed E-state index contributed by atoms with van der Waals surface area (Å²) >= 11 is 0. The summed E-state index contributed by atoms with van der Waals surface area (Å²) in [5, 5.41) is 10.3. The van der Waals surface area contributed by atoms with Crippen molar-refractivity contribution in [1.29, 1.82) is 0 Å². The molecule has 2 aromatic heterocycles. The van der Waals surface area contributed by atoms with Gasteiger partial charge in [0.15, 0.2) is 0 Å². The fraction of sp³-hybridized carbons (Fsp3) is 0.0588. The first kappa shape index (κ1) is 28.0. The maximum absolute atomic E-state index is 6.21. The first-order chi connectivity index (χ1) is 26.3. The van der Waals surface area contributed by atoms with Crippen LogP contribution in [0.4, 0.5) is 0 Å². The predicted octanol–water partition coefficient (Wildman–Crippen LogP) is 13.7. The number of aromatic nitrogens is 1. The van der Waals surface area contributed by atoms with Crippen molar-refractivity contribution in [2.75, 3.05) is 0 Å². The summed E-state index contributed by atoms with van der Waals surface area (Å²) in [5.74, 6) is 0.235. The van der Waals surface area contributed by atoms with E-state index < -0.39 is 0 Å². The van der Waals surface area contributed by atoms with Gasteiger partial charge in [0, 0.05) is 32.8 Å². The average molecular weight is 674 g/mol. The van der Waals surface area contributed by atoms with E-state index in [1.54, 1.807) is 0 Å². The molecule has 3 aliphatic carbocycles. The normalized spacial score (nSPS) is 17.0. The zero-order valence-electron chi connectivity index (χ0n) is 28.8. The van der Waals surface area contributed by atoms with E-state index >= 15 is 0 Å². The van der Waals surface area contributed by atoms with Gasteiger partial charge in [0.25, 0.3) is 0 Å². The largest absolute Gasteiger partial charge is 0.456 e. The van der Waals surface area contributed by atoms with Crippen LogP contribution in [0.2, 0.25) is 0 Å². The number of furan rings is 1. The molecule has 0 amide bonds. The lowest BCUT2D eigenvalue weighted by atomic mass is 9.87. The number of rotatable bonds is 2. The monoisotopic (exact) mass is 673 g/mol. The van der Waals surface area contributed by atoms with E-state index in [9.17, 15) is 0 Å². The van der Waals surface area contributed by atoms with Crippen LogP contribution in [-0.4, -0.2) is 4.57 Å². The number of para-hydroxylation sites is 1. The highest BCUT2D eigenvalue weighted by Crippen LogP contribution is 2.62. The molecule has 2 unspecified atom stereocenters. The standard InChI is InChI=1S/C51H31NO/c1-2-12-31-28-43-42(27-30(31)11-1)50-49-40-21-10-20-36-34-15-3-4-17-37(34)47(46(36)40)48(49)38-18-5-6-19-39(38)51(50)52(43)33-14-9-13-29(25-33)32-23-24-45-41(26-32)35-16-7-8-22-44(35)53-45/h1-24,26-28,33,47H,25H2. The van der Waals surface area contributed by atoms with Crippen molar-refractivity contribution in [3.05, 3.63) is 186 Å². The van der Waals surface area contributed by atoms with E-state index in [1.807, 2.05) is 6.07 Å². The Morgan fingerprint density at radius 3 is 2.21 bits per heavy atom. The highest BCUT2D eigenvalue weighted by atomic mass is 16.3. The summed E-state index contributed by atoms with van der Waals surface area (Å²) in [6, 6.07) is 54.3. The molecule has 2 heterocycles. The molecule has 8 aromatic carbocycles. The van der Waals surface area contributed by atoms with Gasteiger partial charge in [-0.3, -0.25) is 0 Å². The molecule has 3 aliphatic rings. The van der Waals surface area contributed by atoms with Crippen molar-refractivity contribution in [2.45, 2.75) is 18.4 Å². The van der Waals surface area contributed by atoms with Crippen molar-refractivity contribution in [3.63, 3.8) is 0 Å². The van der Waals surface area contributed by atoms with Gasteiger partial charge in [0.2, 0.25) is 0 Å². The lowest BCUT2D eigenvalue weighted by molar-refractivity contribution is 0.657. The molecule has 0 N–H and O–H groups in total. The number of allylic oxidation sites excluding steroid dienone is 4. The van der Waals surface area contributed by atoms with Gasteiger partial charge in [-0.05, 0) is 103 Å². The molecule has 2 nitrogen and oxygen atoms in total. The summed E-state index contributed by atoms with van der Waals surface area (Å²) in [6.07, 6.45) is 7.90. The van der Waals surface area contributed by atoms with Crippen molar-refractivity contribution in [1.82, 2.24) is 4.57 Å². The van der Waals surface area contributed by atoms with E-state index in [-0.39, 0.29) is 12.0 Å². The fourth-order valence-corrected chi connectivity index (χ4v) is 10.4. The summed E-state index contributed by atoms with van der Waals surface area (Å²) in [6.45, 7) is 0. The van der Waals surface area contributed by atoms with Gasteiger partial charge >= 0.3 is 0 Å². The van der Waals surface area contributed by atoms with Crippen molar-refractivity contribution < 1.29 is 4.42 Å². The average Bonchev–Trinajstić information content (AvgIpc) is 3.95. The van der Waals surface area contributed by atoms with Crippen LogP contribution in [0.1, 0.15) is 40.6 Å². The Morgan fingerprint density at radius 2 is 1.28 bits per heavy atom. The SMILES string of the molecule is C1=CC(n2c3cc4ccccc4cc3c3c4c(c5ccccc5c32)C2c3ccccc3-c3cccc-4c32)CC(c2ccc3oc4ccccc4c3c2)=C1. The zero-order valence-corrected chi connectivity index (χ0v) is 28.8. The first-order valence-electron chi connectivity index (χ1n) is 18.7. The molecule has 0 saturated carbocycles. The molecule has 2 heteroatoms. The van der Waals surface area contributed by atoms with Gasteiger partial charge in [0.1, 0.15) is 11.2 Å². The number of benzene rings is 8. The van der Waals surface area contributed by atoms with Gasteiger partial charge in [-0.15, -0.1) is 0 Å². The molecular formula is C51H31NO. The van der Waals surface area contributed by atoms with Crippen LogP contribution < -0.4 is 0 Å². The molecule has 53 heavy (non-hydrogen) atoms. The Bertz CT molecular complexity index is 3330. The lowest BCUT2D eigenvalue weighted by Crippen LogP contribution is -2.10. The molecule has 0 aliphatic heterocycles. The van der Waals surface area contributed by atoms with Crippen LogP contribution in [0, 0.1) is 0 Å². The first-order valence-corrected chi connectivity index (χ1v) is 18.7. The van der Waals surface area contributed by atoms with Crippen LogP contribution in [0.3, 0.4) is 0 Å². The Hall–Kier alpha value is -6.64. The highest BCUT2D eigenvalue weighted by Gasteiger charge is 2.41. The second-order valence-corrected chi connectivity index (χ2v) is 15.1. The van der Waals surface area contributed by atoms with E-state index in [2.05, 4.69) is 162 Å². The quantitative estimate of drug-likeness (QED) is 0.179. The van der Waals surface area contributed by atoms with Crippen molar-refractivity contribution in [3.8, 4) is 22.3 Å². The van der Waals surface area contributed by atoms with Gasteiger partial charge in [-0.1, -0.05) is 133 Å². The van der Waals surface area contributed by atoms with Crippen LogP contribution in [0.15, 0.2) is 168 Å². The molecule has 0 fully saturated rings. The molecule has 2 atom stereocenters. The Kier molecular flexibility index (Phi) is 5.30. The van der Waals surface area contributed by atoms with Crippen molar-refractivity contribution in [2.24, 2.45) is 0 Å². The van der Waals surface area contributed by atoms with Crippen LogP contribution in [0.5, 0.6) is 0 Å². The second kappa shape index (κ2) is 10.0. The second-order valence-electron chi connectivity index (χ2n) is 15.1. The molecule has 246 valence electrons. The number of fused-ring (bicyclic) bond motifs is 17. The van der Waals surface area contributed by atoms with E-state index in [0.717, 1.165) is 17.6 Å². The minimum Gasteiger partial charge on any atom is -0.456 e. The third kappa shape index (κ3) is 3.58. The fourth-order valence-electron chi connectivity index (χ4n) is 10.4. The Morgan fingerprint density at radius 1 is 0.547 bits per heavy atom. The minimum atomic E-state index is 0.131. The van der Waals surface area contributed by atoms with E-state index in [0.29, 0.717) is 0 Å². The summed E-state index contributed by atoms with van der Waals surface area (Å²) in [4.78, 5) is 0.